The summed E-state index contributed by atoms with van der Waals surface area (Å²) < 4.78 is 0. The number of aryl methyl sites for hydroxylation is 2. The van der Waals surface area contributed by atoms with E-state index >= 15 is 0 Å². The van der Waals surface area contributed by atoms with Crippen molar-refractivity contribution in [2.24, 2.45) is 0 Å². The van der Waals surface area contributed by atoms with Crippen LogP contribution in [0.2, 0.25) is 0 Å². The summed E-state index contributed by atoms with van der Waals surface area (Å²) >= 11 is 0. The summed E-state index contributed by atoms with van der Waals surface area (Å²) in [5.41, 5.74) is 6.83. The van der Waals surface area contributed by atoms with Gasteiger partial charge in [-0.25, -0.2) is 0 Å². The molecule has 258 valence electrons. The second kappa shape index (κ2) is 15.9. The molecule has 0 radical (unpaired) electrons. The van der Waals surface area contributed by atoms with E-state index in [9.17, 15) is 15.0 Å². The van der Waals surface area contributed by atoms with Gasteiger partial charge in [0.25, 0.3) is 0 Å². The van der Waals surface area contributed by atoms with Crippen molar-refractivity contribution in [3.05, 3.63) is 69.9 Å². The summed E-state index contributed by atoms with van der Waals surface area (Å²) in [5, 5.41) is 25.5. The number of phenols is 2. The molecule has 0 saturated carbocycles. The molecule has 0 saturated heterocycles. The third-order valence-electron chi connectivity index (χ3n) is 8.99. The molecule has 3 N–H and O–H groups in total. The molecule has 0 amide bonds. The van der Waals surface area contributed by atoms with Crippen molar-refractivity contribution in [3.63, 3.8) is 0 Å². The van der Waals surface area contributed by atoms with Crippen LogP contribution >= 0.6 is 0 Å². The van der Waals surface area contributed by atoms with E-state index in [0.29, 0.717) is 30.1 Å². The minimum atomic E-state index is -0.159. The Morgan fingerprint density at radius 2 is 0.913 bits per heavy atom. The zero-order chi connectivity index (χ0) is 35.1. The largest absolute Gasteiger partial charge is 0.507 e. The Hall–Kier alpha value is -2.75. The van der Waals surface area contributed by atoms with E-state index in [-0.39, 0.29) is 21.7 Å². The number of carbonyl (C=O) groups excluding carboxylic acids is 1. The highest BCUT2D eigenvalue weighted by molar-refractivity contribution is 5.78. The Morgan fingerprint density at radius 3 is 1.30 bits per heavy atom. The van der Waals surface area contributed by atoms with Crippen LogP contribution in [0.15, 0.2) is 36.5 Å². The number of nitrogens with one attached hydrogen (secondary N) is 1. The maximum absolute atomic E-state index is 12.7. The van der Waals surface area contributed by atoms with E-state index in [1.165, 1.54) is 5.56 Å². The van der Waals surface area contributed by atoms with Gasteiger partial charge in [-0.3, -0.25) is 4.79 Å². The summed E-state index contributed by atoms with van der Waals surface area (Å²) in [6.07, 6.45) is 9.13. The lowest BCUT2D eigenvalue weighted by Gasteiger charge is -2.28. The molecule has 0 unspecified atom stereocenters. The van der Waals surface area contributed by atoms with Gasteiger partial charge >= 0.3 is 0 Å². The Labute approximate surface area is 282 Å². The lowest BCUT2D eigenvalue weighted by molar-refractivity contribution is -0.119. The minimum absolute atomic E-state index is 0.122. The number of aromatic hydroxyl groups is 2. The van der Waals surface area contributed by atoms with Crippen molar-refractivity contribution in [1.29, 1.82) is 0 Å². The number of hydrogen-bond donors (Lipinski definition) is 3. The van der Waals surface area contributed by atoms with E-state index in [2.05, 4.69) is 119 Å². The average Bonchev–Trinajstić information content (AvgIpc) is 2.90. The van der Waals surface area contributed by atoms with Crippen LogP contribution in [0.25, 0.3) is 0 Å². The van der Waals surface area contributed by atoms with Gasteiger partial charge in [0.15, 0.2) is 0 Å². The van der Waals surface area contributed by atoms with E-state index in [1.54, 1.807) is 0 Å². The third kappa shape index (κ3) is 12.1. The molecule has 0 atom stereocenters. The molecule has 2 aromatic rings. The Bertz CT molecular complexity index is 1150. The van der Waals surface area contributed by atoms with Crippen molar-refractivity contribution < 1.29 is 15.0 Å². The summed E-state index contributed by atoms with van der Waals surface area (Å²) in [7, 11) is 0. The molecule has 0 bridgehead atoms. The lowest BCUT2D eigenvalue weighted by atomic mass is 9.78. The molecule has 4 nitrogen and oxygen atoms in total. The maximum atomic E-state index is 12.7. The zero-order valence-electron chi connectivity index (χ0n) is 31.6. The van der Waals surface area contributed by atoms with Gasteiger partial charge in [0, 0.05) is 25.1 Å². The maximum Gasteiger partial charge on any atom is 0.133 e. The number of rotatable bonds is 15. The molecule has 0 aliphatic carbocycles. The molecule has 2 aromatic carbocycles. The number of allylic oxidation sites excluding steroid dienone is 1. The fourth-order valence-electron chi connectivity index (χ4n) is 6.00. The van der Waals surface area contributed by atoms with Crippen LogP contribution in [0.4, 0.5) is 0 Å². The van der Waals surface area contributed by atoms with Gasteiger partial charge in [-0.1, -0.05) is 133 Å². The smallest absolute Gasteiger partial charge is 0.133 e. The van der Waals surface area contributed by atoms with E-state index in [0.717, 1.165) is 91.4 Å². The highest BCUT2D eigenvalue weighted by Gasteiger charge is 2.28. The molecular formula is C42H67NO3. The van der Waals surface area contributed by atoms with Gasteiger partial charge < -0.3 is 15.5 Å². The first-order chi connectivity index (χ1) is 21.0. The van der Waals surface area contributed by atoms with Crippen molar-refractivity contribution in [2.75, 3.05) is 6.54 Å². The van der Waals surface area contributed by atoms with Gasteiger partial charge in [-0.2, -0.15) is 0 Å². The molecule has 0 aliphatic heterocycles. The fourth-order valence-corrected chi connectivity index (χ4v) is 6.00. The van der Waals surface area contributed by atoms with Gasteiger partial charge in [0.2, 0.25) is 0 Å². The highest BCUT2D eigenvalue weighted by Crippen LogP contribution is 2.41. The van der Waals surface area contributed by atoms with Crippen molar-refractivity contribution >= 4 is 5.78 Å². The van der Waals surface area contributed by atoms with E-state index in [4.69, 9.17) is 0 Å². The van der Waals surface area contributed by atoms with Crippen LogP contribution in [0.3, 0.4) is 0 Å². The van der Waals surface area contributed by atoms with Gasteiger partial charge in [-0.05, 0) is 87.1 Å². The first-order valence-corrected chi connectivity index (χ1v) is 17.7. The summed E-state index contributed by atoms with van der Waals surface area (Å²) in [5.74, 6) is 1.16. The van der Waals surface area contributed by atoms with Gasteiger partial charge in [-0.15, -0.1) is 0 Å². The van der Waals surface area contributed by atoms with Crippen LogP contribution in [-0.4, -0.2) is 22.5 Å². The predicted molar refractivity (Wildman–Crippen MR) is 198 cm³/mol. The van der Waals surface area contributed by atoms with Crippen LogP contribution in [0.1, 0.15) is 168 Å². The molecule has 0 fully saturated rings. The molecule has 4 heteroatoms. The zero-order valence-corrected chi connectivity index (χ0v) is 31.6. The first kappa shape index (κ1) is 39.4. The number of ketones is 1. The molecular weight excluding hydrogens is 566 g/mol. The number of phenolic OH excluding ortho intramolecular Hbond substituents is 2. The Balaban J connectivity index is 1.71. The Kier molecular flexibility index (Phi) is 13.6. The SMILES string of the molecule is C=C(CCc1cc(C(C)(C)C)c(O)c(C(C)(C)C)c1)NCCCCCCCC(=O)CCc1cc(C(C)(C)C)c(O)c(C(C)(C)C)c1. The number of hydrogen-bond acceptors (Lipinski definition) is 4. The molecule has 0 heterocycles. The third-order valence-corrected chi connectivity index (χ3v) is 8.99. The van der Waals surface area contributed by atoms with Crippen molar-refractivity contribution in [1.82, 2.24) is 5.32 Å². The fraction of sp³-hybridized carbons (Fsp3) is 0.643. The van der Waals surface area contributed by atoms with Crippen molar-refractivity contribution in [3.8, 4) is 11.5 Å². The average molecular weight is 634 g/mol. The second-order valence-electron chi connectivity index (χ2n) is 17.7. The number of carbonyl (C=O) groups is 1. The van der Waals surface area contributed by atoms with E-state index in [1.807, 2.05) is 0 Å². The first-order valence-electron chi connectivity index (χ1n) is 17.7. The standard InChI is InChI=1S/C42H67NO3/c1-29(20-21-30-25-33(39(2,3)4)37(45)34(26-30)40(5,6)7)43-24-18-16-14-15-17-19-32(44)23-22-31-27-35(41(8,9)10)38(46)36(28-31)42(11,12)13/h25-28,43,45-46H,1,14-24H2,2-13H3. The lowest BCUT2D eigenvalue weighted by Crippen LogP contribution is -2.18. The highest BCUT2D eigenvalue weighted by atomic mass is 16.3. The van der Waals surface area contributed by atoms with Crippen LogP contribution in [-0.2, 0) is 39.3 Å². The number of Topliss-reactive ketones (excluding diaryl/α,β-unsaturated/α-hetero) is 1. The van der Waals surface area contributed by atoms with Crippen LogP contribution in [0.5, 0.6) is 11.5 Å². The van der Waals surface area contributed by atoms with Gasteiger partial charge in [0.05, 0.1) is 0 Å². The summed E-state index contributed by atoms with van der Waals surface area (Å²) in [4.78, 5) is 12.7. The van der Waals surface area contributed by atoms with Gasteiger partial charge in [0.1, 0.15) is 17.3 Å². The molecule has 0 aliphatic rings. The number of unbranched alkanes of at least 4 members (excludes halogenated alkanes) is 4. The normalized spacial score (nSPS) is 12.8. The Morgan fingerprint density at radius 1 is 0.565 bits per heavy atom. The molecule has 0 aromatic heterocycles. The minimum Gasteiger partial charge on any atom is -0.507 e. The quantitative estimate of drug-likeness (QED) is 0.171. The molecule has 0 spiro atoms. The van der Waals surface area contributed by atoms with Crippen LogP contribution < -0.4 is 5.32 Å². The van der Waals surface area contributed by atoms with E-state index < -0.39 is 0 Å². The molecule has 2 rings (SSSR count). The number of benzene rings is 2. The van der Waals surface area contributed by atoms with Crippen molar-refractivity contribution in [2.45, 2.75) is 169 Å². The summed E-state index contributed by atoms with van der Waals surface area (Å²) in [6.45, 7) is 30.9. The summed E-state index contributed by atoms with van der Waals surface area (Å²) in [6, 6.07) is 8.53. The monoisotopic (exact) mass is 634 g/mol. The second-order valence-corrected chi connectivity index (χ2v) is 17.7. The molecule has 46 heavy (non-hydrogen) atoms. The predicted octanol–water partition coefficient (Wildman–Crippen LogP) is 10.9. The topological polar surface area (TPSA) is 69.6 Å². The van der Waals surface area contributed by atoms with Crippen LogP contribution in [0, 0.1) is 0 Å².